The van der Waals surface area contributed by atoms with E-state index in [1.165, 1.54) is 43.1 Å². The van der Waals surface area contributed by atoms with Gasteiger partial charge in [0, 0.05) is 104 Å². The van der Waals surface area contributed by atoms with Gasteiger partial charge >= 0.3 is 0 Å². The SMILES string of the molecule is c1ccc(-c2cc(-n3c4ccccc4c4c5ccccc5c5c6ccccc6oc5c43)nc3c(-c4ccccc4)ccnc23)cc1.c1ccc(-c2nc(-n3c4ccccc4c4c5ccccc5c5c6ccccc6oc5c43)nc3ccccc23)cc1.c1ccc2cc(-c3nc(-n4c5ccccc5c5c6ccccc6c6c7ccccc7oc6c54)nc4ccccc34)ccc2c1. The summed E-state index contributed by atoms with van der Waals surface area (Å²) in [6.07, 6.45) is 1.89. The molecular formula is C118H69N9O3. The molecule has 0 amide bonds. The second kappa shape index (κ2) is 28.9. The first-order chi connectivity index (χ1) is 64.5. The summed E-state index contributed by atoms with van der Waals surface area (Å²) >= 11 is 0. The van der Waals surface area contributed by atoms with Crippen LogP contribution in [-0.4, -0.2) is 43.6 Å². The molecule has 0 unspecified atom stereocenters. The maximum absolute atomic E-state index is 6.80. The molecule has 604 valence electrons. The van der Waals surface area contributed by atoms with E-state index in [0.717, 1.165) is 215 Å². The minimum absolute atomic E-state index is 0.620. The molecule has 29 rings (SSSR count). The van der Waals surface area contributed by atoms with Gasteiger partial charge in [0.1, 0.15) is 33.6 Å². The molecule has 12 nitrogen and oxygen atoms in total. The fourth-order valence-electron chi connectivity index (χ4n) is 20.6. The normalized spacial score (nSPS) is 12.0. The number of benzene rings is 19. The highest BCUT2D eigenvalue weighted by Gasteiger charge is 2.30. The third kappa shape index (κ3) is 11.0. The third-order valence-corrected chi connectivity index (χ3v) is 26.2. The van der Waals surface area contributed by atoms with Crippen LogP contribution in [0.5, 0.6) is 0 Å². The number of aromatic nitrogens is 9. The van der Waals surface area contributed by atoms with Crippen LogP contribution in [0.3, 0.4) is 0 Å². The van der Waals surface area contributed by atoms with Crippen LogP contribution in [0.15, 0.2) is 432 Å². The van der Waals surface area contributed by atoms with E-state index >= 15 is 0 Å². The number of para-hydroxylation sites is 8. The molecule has 0 aliphatic heterocycles. The zero-order chi connectivity index (χ0) is 85.2. The van der Waals surface area contributed by atoms with Crippen LogP contribution >= 0.6 is 0 Å². The van der Waals surface area contributed by atoms with Crippen molar-refractivity contribution in [1.82, 2.24) is 43.6 Å². The highest BCUT2D eigenvalue weighted by molar-refractivity contribution is 6.38. The Morgan fingerprint density at radius 2 is 0.546 bits per heavy atom. The van der Waals surface area contributed by atoms with Crippen LogP contribution in [-0.2, 0) is 0 Å². The number of nitrogens with zero attached hydrogens (tertiary/aromatic N) is 9. The molecule has 19 aromatic carbocycles. The molecular weight excluding hydrogens is 1590 g/mol. The van der Waals surface area contributed by atoms with E-state index in [1.54, 1.807) is 0 Å². The minimum atomic E-state index is 0.620. The second-order valence-electron chi connectivity index (χ2n) is 33.3. The van der Waals surface area contributed by atoms with Gasteiger partial charge in [0.2, 0.25) is 11.9 Å². The molecule has 10 aromatic heterocycles. The largest absolute Gasteiger partial charge is 0.454 e. The first-order valence-corrected chi connectivity index (χ1v) is 43.8. The lowest BCUT2D eigenvalue weighted by atomic mass is 9.98. The minimum Gasteiger partial charge on any atom is -0.454 e. The average molecular weight is 1660 g/mol. The lowest BCUT2D eigenvalue weighted by Gasteiger charge is -2.15. The smallest absolute Gasteiger partial charge is 0.235 e. The Balaban J connectivity index is 0.000000101. The Morgan fingerprint density at radius 1 is 0.208 bits per heavy atom. The van der Waals surface area contributed by atoms with Crippen LogP contribution in [0.1, 0.15) is 0 Å². The van der Waals surface area contributed by atoms with Gasteiger partial charge in [-0.3, -0.25) is 18.7 Å². The first kappa shape index (κ1) is 72.7. The van der Waals surface area contributed by atoms with Gasteiger partial charge in [0.05, 0.1) is 55.5 Å². The number of pyridine rings is 2. The maximum Gasteiger partial charge on any atom is 0.235 e. The molecule has 0 radical (unpaired) electrons. The Hall–Kier alpha value is -17.7. The molecule has 0 spiro atoms. The Morgan fingerprint density at radius 3 is 1.00 bits per heavy atom. The molecule has 0 saturated heterocycles. The van der Waals surface area contributed by atoms with Crippen molar-refractivity contribution in [2.75, 3.05) is 0 Å². The zero-order valence-corrected chi connectivity index (χ0v) is 69.6. The van der Waals surface area contributed by atoms with Gasteiger partial charge in [-0.1, -0.05) is 346 Å². The van der Waals surface area contributed by atoms with Gasteiger partial charge in [0.25, 0.3) is 0 Å². The number of rotatable bonds is 7. The lowest BCUT2D eigenvalue weighted by Crippen LogP contribution is -2.03. The zero-order valence-electron chi connectivity index (χ0n) is 69.6. The van der Waals surface area contributed by atoms with Crippen molar-refractivity contribution in [3.63, 3.8) is 0 Å². The standard InChI is InChI=1S/C42H25N3O.C40H23N3O.C36H21N3O/c1-3-13-26(14-4-1)28-23-24-43-39-33(27-15-5-2-6-16-27)25-36(44-40(28)39)45-34-21-11-9-19-31(34)37-29-17-7-8-18-30(29)38-32-20-10-12-22-35(32)46-42(38)41(37)45;1-2-12-25-23-26(22-21-24(25)11-1)37-29-15-5-8-18-32(29)41-40(42-37)43-33-19-9-6-16-30(33)35-27-13-3-4-14-28(27)36-31-17-7-10-20-34(31)44-39(36)38(35)43;1-2-12-22(13-3-1)33-25-16-6-9-19-28(25)37-36(38-33)39-29-20-10-7-17-26(29)31-23-14-4-5-15-24(23)32-27-18-8-11-21-30(27)40-35(32)34(31)39/h1-25H;1-23H;1-21H. The van der Waals surface area contributed by atoms with Gasteiger partial charge in [-0.2, -0.15) is 0 Å². The number of hydrogen-bond acceptors (Lipinski definition) is 9. The number of furan rings is 3. The van der Waals surface area contributed by atoms with Gasteiger partial charge in [-0.25, -0.2) is 24.9 Å². The highest BCUT2D eigenvalue weighted by Crippen LogP contribution is 2.51. The molecule has 0 N–H and O–H groups in total. The summed E-state index contributed by atoms with van der Waals surface area (Å²) in [5.41, 5.74) is 23.1. The molecule has 0 fully saturated rings. The molecule has 0 aliphatic rings. The summed E-state index contributed by atoms with van der Waals surface area (Å²) in [5.74, 6) is 2.07. The lowest BCUT2D eigenvalue weighted by molar-refractivity contribution is 0.670. The summed E-state index contributed by atoms with van der Waals surface area (Å²) in [6, 6.07) is 144. The summed E-state index contributed by atoms with van der Waals surface area (Å²) in [6.45, 7) is 0. The molecule has 0 aliphatic carbocycles. The first-order valence-electron chi connectivity index (χ1n) is 43.8. The fraction of sp³-hybridized carbons (Fsp3) is 0. The molecule has 10 heterocycles. The summed E-state index contributed by atoms with van der Waals surface area (Å²) in [7, 11) is 0. The maximum atomic E-state index is 6.80. The van der Waals surface area contributed by atoms with E-state index in [-0.39, 0.29) is 0 Å². The quantitative estimate of drug-likeness (QED) is 0.153. The third-order valence-electron chi connectivity index (χ3n) is 26.2. The van der Waals surface area contributed by atoms with E-state index in [1.807, 2.05) is 72.9 Å². The van der Waals surface area contributed by atoms with Crippen molar-refractivity contribution >= 4 is 207 Å². The van der Waals surface area contributed by atoms with Crippen molar-refractivity contribution in [3.05, 3.63) is 419 Å². The van der Waals surface area contributed by atoms with Gasteiger partial charge in [-0.05, 0) is 121 Å². The van der Waals surface area contributed by atoms with Crippen molar-refractivity contribution in [1.29, 1.82) is 0 Å². The van der Waals surface area contributed by atoms with Crippen molar-refractivity contribution in [2.24, 2.45) is 0 Å². The Bertz CT molecular complexity index is 9790. The van der Waals surface area contributed by atoms with Crippen molar-refractivity contribution in [2.45, 2.75) is 0 Å². The monoisotopic (exact) mass is 1660 g/mol. The van der Waals surface area contributed by atoms with E-state index < -0.39 is 0 Å². The molecule has 29 aromatic rings. The van der Waals surface area contributed by atoms with Crippen LogP contribution in [0, 0.1) is 0 Å². The topological polar surface area (TPSA) is 132 Å². The predicted octanol–water partition coefficient (Wildman–Crippen LogP) is 31.2. The van der Waals surface area contributed by atoms with E-state index in [9.17, 15) is 0 Å². The van der Waals surface area contributed by atoms with E-state index in [0.29, 0.717) is 11.9 Å². The van der Waals surface area contributed by atoms with E-state index in [2.05, 4.69) is 359 Å². The summed E-state index contributed by atoms with van der Waals surface area (Å²) in [4.78, 5) is 31.4. The van der Waals surface area contributed by atoms with Crippen LogP contribution in [0.25, 0.3) is 270 Å². The molecule has 12 heteroatoms. The average Bonchev–Trinajstić information content (AvgIpc) is 1.54. The fourth-order valence-corrected chi connectivity index (χ4v) is 20.6. The molecule has 130 heavy (non-hydrogen) atoms. The van der Waals surface area contributed by atoms with Crippen LogP contribution < -0.4 is 0 Å². The van der Waals surface area contributed by atoms with Crippen LogP contribution in [0.4, 0.5) is 0 Å². The molecule has 0 bridgehead atoms. The number of hydrogen-bond donors (Lipinski definition) is 0. The van der Waals surface area contributed by atoms with Crippen LogP contribution in [0.2, 0.25) is 0 Å². The van der Waals surface area contributed by atoms with Crippen molar-refractivity contribution < 1.29 is 13.3 Å². The Labute approximate surface area is 740 Å². The van der Waals surface area contributed by atoms with E-state index in [4.69, 9.17) is 43.2 Å². The van der Waals surface area contributed by atoms with Gasteiger partial charge in [0.15, 0.2) is 16.7 Å². The summed E-state index contributed by atoms with van der Waals surface area (Å²) < 4.78 is 26.9. The van der Waals surface area contributed by atoms with Gasteiger partial charge < -0.3 is 13.3 Å². The second-order valence-corrected chi connectivity index (χ2v) is 33.3. The predicted molar refractivity (Wildman–Crippen MR) is 535 cm³/mol. The van der Waals surface area contributed by atoms with Crippen molar-refractivity contribution in [3.8, 4) is 62.5 Å². The number of fused-ring (bicyclic) bond motifs is 34. The highest BCUT2D eigenvalue weighted by atomic mass is 16.3. The summed E-state index contributed by atoms with van der Waals surface area (Å²) in [5, 5.41) is 25.1. The molecule has 0 atom stereocenters. The molecule has 0 saturated carbocycles. The van der Waals surface area contributed by atoms with Gasteiger partial charge in [-0.15, -0.1) is 0 Å². The Kier molecular flexibility index (Phi) is 16.2.